The number of hydrogen-bond donors (Lipinski definition) is 1. The van der Waals surface area contributed by atoms with Gasteiger partial charge >= 0.3 is 0 Å². The van der Waals surface area contributed by atoms with Crippen LogP contribution in [0.1, 0.15) is 16.7 Å². The van der Waals surface area contributed by atoms with Gasteiger partial charge in [0.2, 0.25) is 0 Å². The molecule has 0 bridgehead atoms. The van der Waals surface area contributed by atoms with Crippen molar-refractivity contribution in [2.75, 3.05) is 0 Å². The monoisotopic (exact) mass is 714 g/mol. The Morgan fingerprint density at radius 3 is 2.24 bits per heavy atom. The van der Waals surface area contributed by atoms with Crippen LogP contribution in [0.2, 0.25) is 10.0 Å². The van der Waals surface area contributed by atoms with Crippen LogP contribution in [0.15, 0.2) is 64.2 Å². The third-order valence-electron chi connectivity index (χ3n) is 3.94. The average molecular weight is 716 g/mol. The molecule has 0 spiro atoms. The van der Waals surface area contributed by atoms with Crippen LogP contribution in [0.25, 0.3) is 0 Å². The SMILES string of the molecule is Clc1cccc(Cl)c1CN/N=C\c1cc(I)c(OCc2ccc(Br)cc2)c(I)c1. The first kappa shape index (κ1) is 23.1. The summed E-state index contributed by atoms with van der Waals surface area (Å²) in [6, 6.07) is 17.6. The molecule has 0 saturated carbocycles. The lowest BCUT2D eigenvalue weighted by atomic mass is 10.2. The van der Waals surface area contributed by atoms with Crippen LogP contribution < -0.4 is 10.2 Å². The van der Waals surface area contributed by atoms with Gasteiger partial charge in [-0.05, 0) is 92.7 Å². The zero-order valence-electron chi connectivity index (χ0n) is 14.9. The van der Waals surface area contributed by atoms with Crippen molar-refractivity contribution in [3.63, 3.8) is 0 Å². The van der Waals surface area contributed by atoms with E-state index in [0.29, 0.717) is 23.2 Å². The van der Waals surface area contributed by atoms with Crippen molar-refractivity contribution in [2.24, 2.45) is 5.10 Å². The summed E-state index contributed by atoms with van der Waals surface area (Å²) in [5, 5.41) is 5.53. The third-order valence-corrected chi connectivity index (χ3v) is 6.78. The first-order valence-corrected chi connectivity index (χ1v) is 12.2. The fourth-order valence-electron chi connectivity index (χ4n) is 2.47. The zero-order valence-corrected chi connectivity index (χ0v) is 22.3. The molecule has 0 amide bonds. The van der Waals surface area contributed by atoms with E-state index in [9.17, 15) is 0 Å². The largest absolute Gasteiger partial charge is 0.487 e. The smallest absolute Gasteiger partial charge is 0.146 e. The molecular formula is C21H15BrCl2I2N2O. The normalized spacial score (nSPS) is 11.1. The van der Waals surface area contributed by atoms with Crippen LogP contribution in [0.4, 0.5) is 0 Å². The molecule has 1 N–H and O–H groups in total. The molecule has 8 heteroatoms. The minimum Gasteiger partial charge on any atom is -0.487 e. The number of hydrazone groups is 1. The number of benzene rings is 3. The molecule has 3 rings (SSSR count). The van der Waals surface area contributed by atoms with E-state index in [0.717, 1.165) is 34.1 Å². The number of ether oxygens (including phenoxy) is 1. The number of halogens is 5. The summed E-state index contributed by atoms with van der Waals surface area (Å²) in [4.78, 5) is 0. The van der Waals surface area contributed by atoms with E-state index in [1.807, 2.05) is 54.6 Å². The first-order valence-electron chi connectivity index (χ1n) is 8.49. The Morgan fingerprint density at radius 2 is 1.62 bits per heavy atom. The maximum absolute atomic E-state index is 6.17. The van der Waals surface area contributed by atoms with Crippen LogP contribution in [0.3, 0.4) is 0 Å². The van der Waals surface area contributed by atoms with E-state index < -0.39 is 0 Å². The quantitative estimate of drug-likeness (QED) is 0.155. The Labute approximate surface area is 215 Å². The van der Waals surface area contributed by atoms with E-state index in [1.54, 1.807) is 6.21 Å². The summed E-state index contributed by atoms with van der Waals surface area (Å²) >= 11 is 20.4. The third kappa shape index (κ3) is 6.72. The number of nitrogens with zero attached hydrogens (tertiary/aromatic N) is 1. The molecule has 0 atom stereocenters. The molecule has 0 radical (unpaired) electrons. The number of rotatable bonds is 7. The van der Waals surface area contributed by atoms with Crippen molar-refractivity contribution in [2.45, 2.75) is 13.2 Å². The Hall–Kier alpha value is -0.550. The Balaban J connectivity index is 1.62. The molecule has 0 aliphatic rings. The van der Waals surface area contributed by atoms with Crippen LogP contribution in [0, 0.1) is 7.14 Å². The second-order valence-corrected chi connectivity index (χ2v) is 10.1. The van der Waals surface area contributed by atoms with Gasteiger partial charge < -0.3 is 10.2 Å². The average Bonchev–Trinajstić information content (AvgIpc) is 2.68. The van der Waals surface area contributed by atoms with Crippen molar-refractivity contribution in [3.8, 4) is 5.75 Å². The van der Waals surface area contributed by atoms with E-state index in [1.165, 1.54) is 0 Å². The summed E-state index contributed by atoms with van der Waals surface area (Å²) in [6.07, 6.45) is 1.77. The number of nitrogens with one attached hydrogen (secondary N) is 1. The summed E-state index contributed by atoms with van der Waals surface area (Å²) in [5.41, 5.74) is 5.92. The lowest BCUT2D eigenvalue weighted by molar-refractivity contribution is 0.301. The molecule has 0 aliphatic carbocycles. The van der Waals surface area contributed by atoms with Gasteiger partial charge in [0.1, 0.15) is 12.4 Å². The molecule has 0 saturated heterocycles. The highest BCUT2D eigenvalue weighted by Crippen LogP contribution is 2.29. The van der Waals surface area contributed by atoms with Crippen molar-refractivity contribution >= 4 is 90.5 Å². The highest BCUT2D eigenvalue weighted by molar-refractivity contribution is 14.1. The van der Waals surface area contributed by atoms with Crippen molar-refractivity contribution in [1.82, 2.24) is 5.43 Å². The van der Waals surface area contributed by atoms with Gasteiger partial charge in [0.15, 0.2) is 0 Å². The van der Waals surface area contributed by atoms with Gasteiger partial charge in [-0.2, -0.15) is 5.10 Å². The minimum atomic E-state index is 0.456. The molecule has 3 nitrogen and oxygen atoms in total. The maximum Gasteiger partial charge on any atom is 0.146 e. The predicted molar refractivity (Wildman–Crippen MR) is 141 cm³/mol. The Morgan fingerprint density at radius 1 is 1.00 bits per heavy atom. The highest BCUT2D eigenvalue weighted by Gasteiger charge is 2.09. The second-order valence-electron chi connectivity index (χ2n) is 6.02. The van der Waals surface area contributed by atoms with E-state index in [4.69, 9.17) is 27.9 Å². The molecular weight excluding hydrogens is 701 g/mol. The Bertz CT molecular complexity index is 986. The van der Waals surface area contributed by atoms with Crippen LogP contribution in [0.5, 0.6) is 5.75 Å². The maximum atomic E-state index is 6.17. The highest BCUT2D eigenvalue weighted by atomic mass is 127. The molecule has 0 fully saturated rings. The molecule has 0 aliphatic heterocycles. The molecule has 29 heavy (non-hydrogen) atoms. The van der Waals surface area contributed by atoms with Crippen molar-refractivity contribution in [1.29, 1.82) is 0 Å². The molecule has 0 aromatic heterocycles. The van der Waals surface area contributed by atoms with Crippen LogP contribution in [-0.2, 0) is 13.2 Å². The zero-order chi connectivity index (χ0) is 20.8. The van der Waals surface area contributed by atoms with Crippen molar-refractivity contribution < 1.29 is 4.74 Å². The van der Waals surface area contributed by atoms with Gasteiger partial charge in [-0.1, -0.05) is 57.3 Å². The number of hydrogen-bond acceptors (Lipinski definition) is 3. The van der Waals surface area contributed by atoms with Crippen LogP contribution in [-0.4, -0.2) is 6.21 Å². The van der Waals surface area contributed by atoms with Gasteiger partial charge in [0.05, 0.1) is 19.9 Å². The molecule has 150 valence electrons. The topological polar surface area (TPSA) is 33.6 Å². The minimum absolute atomic E-state index is 0.456. The van der Waals surface area contributed by atoms with Gasteiger partial charge in [0, 0.05) is 20.1 Å². The van der Waals surface area contributed by atoms with Gasteiger partial charge in [-0.25, -0.2) is 0 Å². The lowest BCUT2D eigenvalue weighted by Crippen LogP contribution is -2.07. The van der Waals surface area contributed by atoms with E-state index >= 15 is 0 Å². The standard InChI is InChI=1S/C21H15BrCl2I2N2O/c22-15-6-4-13(5-7-15)12-29-21-19(25)8-14(9-20(21)26)10-27-28-11-16-17(23)2-1-3-18(16)24/h1-10,28H,11-12H2/b27-10-. The summed E-state index contributed by atoms with van der Waals surface area (Å²) in [6.45, 7) is 0.977. The van der Waals surface area contributed by atoms with Crippen LogP contribution >= 0.6 is 84.3 Å². The van der Waals surface area contributed by atoms with Gasteiger partial charge in [0.25, 0.3) is 0 Å². The summed E-state index contributed by atoms with van der Waals surface area (Å²) < 4.78 is 9.15. The molecule has 3 aromatic carbocycles. The van der Waals surface area contributed by atoms with Crippen molar-refractivity contribution in [3.05, 3.63) is 92.9 Å². The first-order chi connectivity index (χ1) is 13.9. The lowest BCUT2D eigenvalue weighted by Gasteiger charge is -2.11. The molecule has 0 heterocycles. The molecule has 0 unspecified atom stereocenters. The van der Waals surface area contributed by atoms with Gasteiger partial charge in [-0.15, -0.1) is 0 Å². The predicted octanol–water partition coefficient (Wildman–Crippen LogP) is 7.67. The van der Waals surface area contributed by atoms with E-state index in [2.05, 4.69) is 71.6 Å². The Kier molecular flexibility index (Phi) is 8.91. The fourth-order valence-corrected chi connectivity index (χ4v) is 5.40. The second kappa shape index (κ2) is 11.2. The van der Waals surface area contributed by atoms with E-state index in [-0.39, 0.29) is 0 Å². The van der Waals surface area contributed by atoms with Gasteiger partial charge in [-0.3, -0.25) is 0 Å². The fraction of sp³-hybridized carbons (Fsp3) is 0.0952. The summed E-state index contributed by atoms with van der Waals surface area (Å²) in [7, 11) is 0. The molecule has 3 aromatic rings. The summed E-state index contributed by atoms with van der Waals surface area (Å²) in [5.74, 6) is 0.877.